The molecule has 1 amide bonds. The minimum atomic E-state index is -0.438. The molecule has 1 atom stereocenters. The average Bonchev–Trinajstić information content (AvgIpc) is 2.95. The standard InChI is InChI=1S/C20H30N2O2/c1-16(13-17-9-6-5-7-10-17)14-21-15-18-11-8-12-22(18)19(23)24-20(2,3)4/h5-7,9-10,13,18,21H,8,11-12,14-15H2,1-4H3/t18-/m1/s1. The molecule has 0 unspecified atom stereocenters. The van der Waals surface area contributed by atoms with E-state index in [1.54, 1.807) is 0 Å². The molecule has 0 aromatic heterocycles. The topological polar surface area (TPSA) is 41.6 Å². The van der Waals surface area contributed by atoms with Crippen LogP contribution in [0.15, 0.2) is 35.9 Å². The van der Waals surface area contributed by atoms with Crippen LogP contribution in [0.3, 0.4) is 0 Å². The first-order valence-electron chi connectivity index (χ1n) is 8.78. The van der Waals surface area contributed by atoms with Crippen LogP contribution >= 0.6 is 0 Å². The number of amides is 1. The van der Waals surface area contributed by atoms with Gasteiger partial charge in [-0.15, -0.1) is 0 Å². The molecule has 0 bridgehead atoms. The Balaban J connectivity index is 1.80. The van der Waals surface area contributed by atoms with Crippen LogP contribution in [0.1, 0.15) is 46.1 Å². The lowest BCUT2D eigenvalue weighted by molar-refractivity contribution is 0.0227. The van der Waals surface area contributed by atoms with Crippen molar-refractivity contribution in [1.29, 1.82) is 0 Å². The normalized spacial score (nSPS) is 18.8. The minimum Gasteiger partial charge on any atom is -0.444 e. The smallest absolute Gasteiger partial charge is 0.410 e. The van der Waals surface area contributed by atoms with Crippen molar-refractivity contribution in [3.63, 3.8) is 0 Å². The van der Waals surface area contributed by atoms with Crippen molar-refractivity contribution in [3.8, 4) is 0 Å². The number of hydrogen-bond acceptors (Lipinski definition) is 3. The summed E-state index contributed by atoms with van der Waals surface area (Å²) < 4.78 is 5.51. The summed E-state index contributed by atoms with van der Waals surface area (Å²) >= 11 is 0. The number of nitrogens with one attached hydrogen (secondary N) is 1. The summed E-state index contributed by atoms with van der Waals surface area (Å²) in [6.45, 7) is 10.3. The van der Waals surface area contributed by atoms with Gasteiger partial charge in [-0.3, -0.25) is 0 Å². The zero-order valence-corrected chi connectivity index (χ0v) is 15.3. The summed E-state index contributed by atoms with van der Waals surface area (Å²) in [6, 6.07) is 10.5. The maximum absolute atomic E-state index is 12.3. The fourth-order valence-corrected chi connectivity index (χ4v) is 2.93. The molecule has 2 rings (SSSR count). The monoisotopic (exact) mass is 330 g/mol. The van der Waals surface area contributed by atoms with Crippen molar-refractivity contribution in [1.82, 2.24) is 10.2 Å². The molecule has 0 radical (unpaired) electrons. The molecule has 0 saturated carbocycles. The maximum Gasteiger partial charge on any atom is 0.410 e. The van der Waals surface area contributed by atoms with Crippen molar-refractivity contribution in [2.24, 2.45) is 0 Å². The highest BCUT2D eigenvalue weighted by Crippen LogP contribution is 2.20. The molecule has 24 heavy (non-hydrogen) atoms. The van der Waals surface area contributed by atoms with Gasteiger partial charge in [-0.2, -0.15) is 0 Å². The van der Waals surface area contributed by atoms with E-state index in [-0.39, 0.29) is 12.1 Å². The Bertz CT molecular complexity index is 561. The number of hydrogen-bond donors (Lipinski definition) is 1. The highest BCUT2D eigenvalue weighted by molar-refractivity contribution is 5.69. The second-order valence-electron chi connectivity index (χ2n) is 7.50. The Morgan fingerprint density at radius 2 is 2.04 bits per heavy atom. The SMILES string of the molecule is CC(=Cc1ccccc1)CNC[C@H]1CCCN1C(=O)OC(C)(C)C. The third-order valence-corrected chi connectivity index (χ3v) is 4.00. The Morgan fingerprint density at radius 3 is 2.71 bits per heavy atom. The van der Waals surface area contributed by atoms with Gasteiger partial charge in [-0.25, -0.2) is 4.79 Å². The molecule has 132 valence electrons. The lowest BCUT2D eigenvalue weighted by Gasteiger charge is -2.28. The number of rotatable bonds is 5. The van der Waals surface area contributed by atoms with Gasteiger partial charge in [-0.05, 0) is 46.1 Å². The molecule has 1 aromatic carbocycles. The zero-order chi connectivity index (χ0) is 17.6. The van der Waals surface area contributed by atoms with Gasteiger partial charge in [0.05, 0.1) is 0 Å². The van der Waals surface area contributed by atoms with Gasteiger partial charge in [0.25, 0.3) is 0 Å². The van der Waals surface area contributed by atoms with E-state index >= 15 is 0 Å². The minimum absolute atomic E-state index is 0.191. The summed E-state index contributed by atoms with van der Waals surface area (Å²) in [5.74, 6) is 0. The van der Waals surface area contributed by atoms with E-state index in [0.717, 1.165) is 32.5 Å². The van der Waals surface area contributed by atoms with E-state index in [4.69, 9.17) is 4.74 Å². The molecule has 4 heteroatoms. The number of benzene rings is 1. The van der Waals surface area contributed by atoms with Gasteiger partial charge in [0.2, 0.25) is 0 Å². The second kappa shape index (κ2) is 8.34. The number of ether oxygens (including phenoxy) is 1. The fraction of sp³-hybridized carbons (Fsp3) is 0.550. The predicted octanol–water partition coefficient (Wildman–Crippen LogP) is 4.08. The van der Waals surface area contributed by atoms with Crippen LogP contribution in [0.2, 0.25) is 0 Å². The largest absolute Gasteiger partial charge is 0.444 e. The van der Waals surface area contributed by atoms with Crippen LogP contribution in [-0.2, 0) is 4.74 Å². The number of carbonyl (C=O) groups excluding carboxylic acids is 1. The zero-order valence-electron chi connectivity index (χ0n) is 15.3. The van der Waals surface area contributed by atoms with Crippen LogP contribution in [-0.4, -0.2) is 42.3 Å². The molecule has 0 aliphatic carbocycles. The van der Waals surface area contributed by atoms with Crippen LogP contribution < -0.4 is 5.32 Å². The van der Waals surface area contributed by atoms with E-state index in [2.05, 4.69) is 30.4 Å². The Hall–Kier alpha value is -1.81. The summed E-state index contributed by atoms with van der Waals surface area (Å²) in [4.78, 5) is 14.1. The second-order valence-corrected chi connectivity index (χ2v) is 7.50. The third-order valence-electron chi connectivity index (χ3n) is 4.00. The highest BCUT2D eigenvalue weighted by atomic mass is 16.6. The van der Waals surface area contributed by atoms with Gasteiger partial charge >= 0.3 is 6.09 Å². The van der Waals surface area contributed by atoms with E-state index in [1.165, 1.54) is 11.1 Å². The summed E-state index contributed by atoms with van der Waals surface area (Å²) in [7, 11) is 0. The molecule has 4 nitrogen and oxygen atoms in total. The first kappa shape index (κ1) is 18.5. The fourth-order valence-electron chi connectivity index (χ4n) is 2.93. The first-order chi connectivity index (χ1) is 11.3. The van der Waals surface area contributed by atoms with Gasteiger partial charge in [0.15, 0.2) is 0 Å². The Labute approximate surface area is 145 Å². The van der Waals surface area contributed by atoms with Crippen LogP contribution in [0.5, 0.6) is 0 Å². The van der Waals surface area contributed by atoms with E-state index in [1.807, 2.05) is 43.9 Å². The van der Waals surface area contributed by atoms with Crippen LogP contribution in [0.25, 0.3) is 6.08 Å². The molecular weight excluding hydrogens is 300 g/mol. The number of likely N-dealkylation sites (tertiary alicyclic amines) is 1. The third kappa shape index (κ3) is 6.00. The van der Waals surface area contributed by atoms with E-state index < -0.39 is 5.60 Å². The summed E-state index contributed by atoms with van der Waals surface area (Å²) in [5.41, 5.74) is 2.06. The van der Waals surface area contributed by atoms with Crippen LogP contribution in [0.4, 0.5) is 4.79 Å². The molecule has 1 aliphatic heterocycles. The average molecular weight is 330 g/mol. The molecule has 1 N–H and O–H groups in total. The molecule has 0 spiro atoms. The van der Waals surface area contributed by atoms with Gasteiger partial charge in [0, 0.05) is 25.7 Å². The quantitative estimate of drug-likeness (QED) is 0.884. The molecule has 1 aromatic rings. The lowest BCUT2D eigenvalue weighted by atomic mass is 10.1. The molecule has 1 fully saturated rings. The van der Waals surface area contributed by atoms with Gasteiger partial charge in [-0.1, -0.05) is 42.0 Å². The van der Waals surface area contributed by atoms with Crippen molar-refractivity contribution in [2.75, 3.05) is 19.6 Å². The van der Waals surface area contributed by atoms with Crippen molar-refractivity contribution >= 4 is 12.2 Å². The Morgan fingerprint density at radius 1 is 1.33 bits per heavy atom. The first-order valence-corrected chi connectivity index (χ1v) is 8.78. The molecule has 1 heterocycles. The number of nitrogens with zero attached hydrogens (tertiary/aromatic N) is 1. The maximum atomic E-state index is 12.3. The van der Waals surface area contributed by atoms with Gasteiger partial charge in [0.1, 0.15) is 5.60 Å². The Kier molecular flexibility index (Phi) is 6.44. The number of carbonyl (C=O) groups is 1. The molecular formula is C20H30N2O2. The summed E-state index contributed by atoms with van der Waals surface area (Å²) in [6.07, 6.45) is 4.08. The van der Waals surface area contributed by atoms with E-state index in [9.17, 15) is 4.79 Å². The predicted molar refractivity (Wildman–Crippen MR) is 98.9 cm³/mol. The summed E-state index contributed by atoms with van der Waals surface area (Å²) in [5, 5.41) is 3.48. The van der Waals surface area contributed by atoms with Crippen molar-refractivity contribution < 1.29 is 9.53 Å². The van der Waals surface area contributed by atoms with Crippen molar-refractivity contribution in [3.05, 3.63) is 41.5 Å². The van der Waals surface area contributed by atoms with Crippen LogP contribution in [0, 0.1) is 0 Å². The molecule has 1 aliphatic rings. The van der Waals surface area contributed by atoms with Gasteiger partial charge < -0.3 is 15.0 Å². The molecule has 1 saturated heterocycles. The lowest BCUT2D eigenvalue weighted by Crippen LogP contribution is -2.44. The van der Waals surface area contributed by atoms with Crippen molar-refractivity contribution in [2.45, 2.75) is 52.2 Å². The van der Waals surface area contributed by atoms with E-state index in [0.29, 0.717) is 0 Å². The highest BCUT2D eigenvalue weighted by Gasteiger charge is 2.31.